The Balaban J connectivity index is 1.19. The van der Waals surface area contributed by atoms with E-state index in [0.717, 1.165) is 79.7 Å². The third kappa shape index (κ3) is 10.8. The number of aromatic nitrogens is 1. The van der Waals surface area contributed by atoms with Gasteiger partial charge < -0.3 is 34.1 Å². The van der Waals surface area contributed by atoms with E-state index in [2.05, 4.69) is 52.5 Å². The number of likely N-dealkylation sites (tertiary alicyclic amines) is 1. The van der Waals surface area contributed by atoms with Crippen LogP contribution in [0.3, 0.4) is 0 Å². The Morgan fingerprint density at radius 3 is 2.54 bits per heavy atom. The van der Waals surface area contributed by atoms with E-state index in [0.29, 0.717) is 39.8 Å². The van der Waals surface area contributed by atoms with E-state index in [9.17, 15) is 20.3 Å². The highest BCUT2D eigenvalue weighted by atomic mass is 35.5. The average Bonchev–Trinajstić information content (AvgIpc) is 3.60. The summed E-state index contributed by atoms with van der Waals surface area (Å²) in [6, 6.07) is 18.9. The van der Waals surface area contributed by atoms with Gasteiger partial charge in [0, 0.05) is 55.8 Å². The predicted molar refractivity (Wildman–Crippen MR) is 218 cm³/mol. The van der Waals surface area contributed by atoms with E-state index in [1.54, 1.807) is 38.2 Å². The van der Waals surface area contributed by atoms with Crippen LogP contribution in [0.1, 0.15) is 85.9 Å². The molecule has 0 amide bonds. The van der Waals surface area contributed by atoms with Crippen LogP contribution < -0.4 is 19.5 Å². The molecule has 0 saturated carbocycles. The molecular formula is C45H53ClN4O7. The first kappa shape index (κ1) is 41.9. The van der Waals surface area contributed by atoms with Gasteiger partial charge in [-0.3, -0.25) is 15.1 Å². The van der Waals surface area contributed by atoms with E-state index in [1.165, 1.54) is 18.7 Å². The summed E-state index contributed by atoms with van der Waals surface area (Å²) in [6.07, 6.45) is 5.52. The molecular weight excluding hydrogens is 744 g/mol. The Kier molecular flexibility index (Phi) is 14.4. The zero-order valence-electron chi connectivity index (χ0n) is 33.2. The number of piperidine rings is 1. The monoisotopic (exact) mass is 796 g/mol. The molecule has 1 saturated heterocycles. The molecule has 2 aliphatic rings. The van der Waals surface area contributed by atoms with Gasteiger partial charge in [0.2, 0.25) is 0 Å². The minimum absolute atomic E-state index is 0.118. The molecule has 4 aromatic rings. The first-order valence-corrected chi connectivity index (χ1v) is 20.2. The largest absolute Gasteiger partial charge is 0.493 e. The number of hydrogen-bond donors (Lipinski definition) is 3. The number of pyridine rings is 1. The van der Waals surface area contributed by atoms with Crippen LogP contribution in [0.2, 0.25) is 5.02 Å². The molecule has 0 bridgehead atoms. The van der Waals surface area contributed by atoms with Crippen LogP contribution in [0.5, 0.6) is 17.2 Å². The summed E-state index contributed by atoms with van der Waals surface area (Å²) in [5, 5.41) is 33.1. The molecule has 3 aromatic carbocycles. The fourth-order valence-electron chi connectivity index (χ4n) is 7.52. The maximum atomic E-state index is 12.8. The van der Waals surface area contributed by atoms with Crippen LogP contribution in [-0.2, 0) is 29.1 Å². The van der Waals surface area contributed by atoms with Crippen LogP contribution in [0.4, 0.5) is 0 Å². The normalized spacial score (nSPS) is 16.8. The molecule has 0 radical (unpaired) electrons. The summed E-state index contributed by atoms with van der Waals surface area (Å²) in [5.74, 6) is 1.22. The van der Waals surface area contributed by atoms with Crippen molar-refractivity contribution in [1.29, 1.82) is 5.26 Å². The van der Waals surface area contributed by atoms with Gasteiger partial charge in [-0.25, -0.2) is 0 Å². The highest BCUT2D eigenvalue weighted by molar-refractivity contribution is 6.32. The topological polar surface area (TPSA) is 146 Å². The highest BCUT2D eigenvalue weighted by Crippen LogP contribution is 2.44. The van der Waals surface area contributed by atoms with Gasteiger partial charge in [0.05, 0.1) is 35.5 Å². The highest BCUT2D eigenvalue weighted by Gasteiger charge is 2.30. The predicted octanol–water partition coefficient (Wildman–Crippen LogP) is 7.24. The lowest BCUT2D eigenvalue weighted by Crippen LogP contribution is -2.46. The number of aliphatic hydroxyl groups is 2. The number of nitrogens with one attached hydrogen (secondary N) is 1. The molecule has 3 N–H and O–H groups in total. The Morgan fingerprint density at radius 1 is 1.02 bits per heavy atom. The van der Waals surface area contributed by atoms with Gasteiger partial charge in [-0.1, -0.05) is 41.9 Å². The molecule has 1 aliphatic heterocycles. The van der Waals surface area contributed by atoms with Gasteiger partial charge in [0.1, 0.15) is 42.1 Å². The van der Waals surface area contributed by atoms with Crippen molar-refractivity contribution in [3.63, 3.8) is 0 Å². The molecule has 57 heavy (non-hydrogen) atoms. The third-order valence-corrected chi connectivity index (χ3v) is 10.8. The van der Waals surface area contributed by atoms with E-state index < -0.39 is 18.1 Å². The second-order valence-electron chi connectivity index (χ2n) is 15.2. The summed E-state index contributed by atoms with van der Waals surface area (Å²) < 4.78 is 24.7. The molecule has 1 aliphatic carbocycles. The quantitative estimate of drug-likeness (QED) is 0.0734. The Bertz CT molecular complexity index is 2040. The van der Waals surface area contributed by atoms with Crippen molar-refractivity contribution in [1.82, 2.24) is 15.2 Å². The van der Waals surface area contributed by atoms with Gasteiger partial charge in [-0.2, -0.15) is 5.26 Å². The minimum Gasteiger partial charge on any atom is -0.493 e. The Morgan fingerprint density at radius 2 is 1.79 bits per heavy atom. The second-order valence-corrected chi connectivity index (χ2v) is 15.6. The number of carbonyl (C=O) groups excluding carboxylic acids is 1. The van der Waals surface area contributed by atoms with E-state index in [4.69, 9.17) is 30.5 Å². The molecule has 0 unspecified atom stereocenters. The number of benzene rings is 3. The number of hydrogen-bond acceptors (Lipinski definition) is 11. The van der Waals surface area contributed by atoms with Gasteiger partial charge in [0.25, 0.3) is 0 Å². The lowest BCUT2D eigenvalue weighted by atomic mass is 9.93. The molecule has 0 spiro atoms. The van der Waals surface area contributed by atoms with Crippen LogP contribution in [-0.4, -0.2) is 76.7 Å². The molecule has 2 heterocycles. The SMILES string of the molecule is Cc1c(OCCCN2CCC(O)CC2)cccc1-c1cccc2c1CC[C@@H]2Oc1cc(OCc2cncc(C#N)c2)c(CN[C@H](C(=O)OC(C)C)[C@@H](C)O)cc1Cl. The molecule has 1 fully saturated rings. The van der Waals surface area contributed by atoms with Gasteiger partial charge >= 0.3 is 5.97 Å². The lowest BCUT2D eigenvalue weighted by Gasteiger charge is -2.29. The summed E-state index contributed by atoms with van der Waals surface area (Å²) in [6.45, 7) is 10.9. The number of nitrogens with zero attached hydrogens (tertiary/aromatic N) is 3. The fourth-order valence-corrected chi connectivity index (χ4v) is 7.75. The molecule has 3 atom stereocenters. The fraction of sp³-hybridized carbons (Fsp3) is 0.444. The van der Waals surface area contributed by atoms with Crippen molar-refractivity contribution < 1.29 is 34.0 Å². The Hall–Kier alpha value is -4.70. The maximum Gasteiger partial charge on any atom is 0.326 e. The van der Waals surface area contributed by atoms with Crippen molar-refractivity contribution >= 4 is 17.6 Å². The molecule has 11 nitrogen and oxygen atoms in total. The number of aliphatic hydroxyl groups excluding tert-OH is 2. The third-order valence-electron chi connectivity index (χ3n) is 10.5. The van der Waals surface area contributed by atoms with Gasteiger partial charge in [0.15, 0.2) is 0 Å². The van der Waals surface area contributed by atoms with Gasteiger partial charge in [-0.05, 0) is 106 Å². The van der Waals surface area contributed by atoms with Gasteiger partial charge in [-0.15, -0.1) is 0 Å². The summed E-state index contributed by atoms with van der Waals surface area (Å²) in [5.41, 5.74) is 7.46. The first-order valence-electron chi connectivity index (χ1n) is 19.8. The standard InChI is InChI=1S/C45H53ClN4O7/c1-28(2)56-45(53)44(30(4)51)49-26-33-21-39(46)43(22-42(33)55-27-32-20-31(23-47)24-48-25-32)57-41-13-12-37-36(9-5-10-38(37)41)35-8-6-11-40(29(35)3)54-19-7-16-50-17-14-34(52)15-18-50/h5-6,8-11,20-22,24-25,28,30,34,41,44,49,51-52H,7,12-19,26-27H2,1-4H3/t30-,41+,44+/m1/s1. The van der Waals surface area contributed by atoms with Crippen LogP contribution in [0.15, 0.2) is 67.0 Å². The van der Waals surface area contributed by atoms with Crippen molar-refractivity contribution in [2.45, 2.75) is 103 Å². The number of halogens is 1. The zero-order chi connectivity index (χ0) is 40.5. The first-order chi connectivity index (χ1) is 27.5. The molecule has 302 valence electrons. The number of carbonyl (C=O) groups is 1. The van der Waals surface area contributed by atoms with E-state index in [1.807, 2.05) is 12.1 Å². The number of ether oxygens (including phenoxy) is 4. The Labute approximate surface area is 340 Å². The minimum atomic E-state index is -1.02. The van der Waals surface area contributed by atoms with Crippen molar-refractivity contribution in [3.05, 3.63) is 105 Å². The van der Waals surface area contributed by atoms with Crippen molar-refractivity contribution in [2.75, 3.05) is 26.2 Å². The molecule has 12 heteroatoms. The smallest absolute Gasteiger partial charge is 0.326 e. The number of fused-ring (bicyclic) bond motifs is 1. The lowest BCUT2D eigenvalue weighted by molar-refractivity contribution is -0.152. The van der Waals surface area contributed by atoms with Crippen molar-refractivity contribution in [3.8, 4) is 34.4 Å². The molecule has 1 aromatic heterocycles. The number of esters is 1. The van der Waals surface area contributed by atoms with E-state index >= 15 is 0 Å². The maximum absolute atomic E-state index is 12.8. The number of rotatable bonds is 17. The zero-order valence-corrected chi connectivity index (χ0v) is 33.9. The van der Waals surface area contributed by atoms with Crippen LogP contribution >= 0.6 is 11.6 Å². The van der Waals surface area contributed by atoms with Crippen LogP contribution in [0.25, 0.3) is 11.1 Å². The van der Waals surface area contributed by atoms with Crippen LogP contribution in [0, 0.1) is 18.3 Å². The average molecular weight is 797 g/mol. The number of nitriles is 1. The second kappa shape index (κ2) is 19.6. The summed E-state index contributed by atoms with van der Waals surface area (Å²) in [7, 11) is 0. The summed E-state index contributed by atoms with van der Waals surface area (Å²) in [4.78, 5) is 19.3. The van der Waals surface area contributed by atoms with E-state index in [-0.39, 0.29) is 31.5 Å². The van der Waals surface area contributed by atoms with Crippen molar-refractivity contribution in [2.24, 2.45) is 0 Å². The molecule has 6 rings (SSSR count). The summed E-state index contributed by atoms with van der Waals surface area (Å²) >= 11 is 6.92.